The molecule has 0 bridgehead atoms. The summed E-state index contributed by atoms with van der Waals surface area (Å²) >= 11 is 0. The topological polar surface area (TPSA) is 118 Å². The molecule has 0 aliphatic heterocycles. The van der Waals surface area contributed by atoms with Gasteiger partial charge in [0.2, 0.25) is 5.91 Å². The van der Waals surface area contributed by atoms with Crippen molar-refractivity contribution >= 4 is 5.91 Å². The van der Waals surface area contributed by atoms with Crippen LogP contribution < -0.4 is 5.73 Å². The molecule has 0 saturated heterocycles. The minimum atomic E-state index is -0.235. The number of carbonyl (C=O) groups is 1. The van der Waals surface area contributed by atoms with E-state index in [-0.39, 0.29) is 45.3 Å². The van der Waals surface area contributed by atoms with Crippen molar-refractivity contribution in [3.05, 3.63) is 11.9 Å². The molecular weight excluding hydrogens is 226 g/mol. The molecule has 1 rings (SSSR count). The second-order valence-corrected chi connectivity index (χ2v) is 3.44. The van der Waals surface area contributed by atoms with E-state index >= 15 is 0 Å². The molecule has 4 N–H and O–H groups in total. The number of aromatic nitrogens is 3. The fourth-order valence-electron chi connectivity index (χ4n) is 1.35. The summed E-state index contributed by atoms with van der Waals surface area (Å²) in [5.41, 5.74) is 5.98. The molecule has 0 saturated carbocycles. The van der Waals surface area contributed by atoms with Gasteiger partial charge >= 0.3 is 0 Å². The zero-order valence-corrected chi connectivity index (χ0v) is 9.49. The molecule has 8 heteroatoms. The minimum absolute atomic E-state index is 0.0208. The standard InChI is InChI=1S/C9H17N5O3/c10-5-8-6-14(12-11-8)7-9(17)13(1-3-15)2-4-16/h6,15-16H,1-5,7,10H2. The number of rotatable bonds is 7. The SMILES string of the molecule is NCc1cn(CC(=O)N(CCO)CCO)nn1. The first-order valence-electron chi connectivity index (χ1n) is 5.29. The molecule has 1 aromatic rings. The lowest BCUT2D eigenvalue weighted by molar-refractivity contribution is -0.133. The summed E-state index contributed by atoms with van der Waals surface area (Å²) < 4.78 is 1.38. The molecule has 0 unspecified atom stereocenters. The third-order valence-corrected chi connectivity index (χ3v) is 2.19. The number of hydrogen-bond donors (Lipinski definition) is 3. The molecule has 0 aliphatic rings. The summed E-state index contributed by atoms with van der Waals surface area (Å²) in [7, 11) is 0. The summed E-state index contributed by atoms with van der Waals surface area (Å²) in [5, 5.41) is 25.1. The van der Waals surface area contributed by atoms with Crippen LogP contribution >= 0.6 is 0 Å². The molecule has 0 aliphatic carbocycles. The van der Waals surface area contributed by atoms with Gasteiger partial charge in [-0.15, -0.1) is 5.10 Å². The summed E-state index contributed by atoms with van der Waals surface area (Å²) in [6.45, 7) is 0.391. The molecule has 1 heterocycles. The fourth-order valence-corrected chi connectivity index (χ4v) is 1.35. The Kier molecular flexibility index (Phi) is 5.53. The highest BCUT2D eigenvalue weighted by molar-refractivity contribution is 5.75. The van der Waals surface area contributed by atoms with Crippen LogP contribution in [0.15, 0.2) is 6.20 Å². The van der Waals surface area contributed by atoms with E-state index in [0.717, 1.165) is 0 Å². The number of nitrogens with two attached hydrogens (primary N) is 1. The highest BCUT2D eigenvalue weighted by Crippen LogP contribution is 1.95. The van der Waals surface area contributed by atoms with Gasteiger partial charge in [-0.3, -0.25) is 4.79 Å². The molecule has 0 radical (unpaired) electrons. The van der Waals surface area contributed by atoms with Gasteiger partial charge in [-0.1, -0.05) is 5.21 Å². The van der Waals surface area contributed by atoms with Crippen LogP contribution in [0.4, 0.5) is 0 Å². The first-order chi connectivity index (χ1) is 8.21. The van der Waals surface area contributed by atoms with Gasteiger partial charge in [0.15, 0.2) is 0 Å². The smallest absolute Gasteiger partial charge is 0.244 e. The molecule has 0 aromatic carbocycles. The lowest BCUT2D eigenvalue weighted by Crippen LogP contribution is -2.38. The van der Waals surface area contributed by atoms with Gasteiger partial charge in [0.1, 0.15) is 6.54 Å². The zero-order chi connectivity index (χ0) is 12.7. The van der Waals surface area contributed by atoms with Gasteiger partial charge in [-0.05, 0) is 0 Å². The van der Waals surface area contributed by atoms with Crippen LogP contribution in [0.1, 0.15) is 5.69 Å². The highest BCUT2D eigenvalue weighted by atomic mass is 16.3. The Balaban J connectivity index is 2.56. The Bertz CT molecular complexity index is 348. The van der Waals surface area contributed by atoms with E-state index in [2.05, 4.69) is 10.3 Å². The van der Waals surface area contributed by atoms with Crippen LogP contribution in [-0.4, -0.2) is 62.3 Å². The Hall–Kier alpha value is -1.51. The van der Waals surface area contributed by atoms with Crippen molar-refractivity contribution in [2.24, 2.45) is 5.73 Å². The van der Waals surface area contributed by atoms with Crippen LogP contribution in [-0.2, 0) is 17.9 Å². The number of amides is 1. The predicted octanol–water partition coefficient (Wildman–Crippen LogP) is -2.45. The average molecular weight is 243 g/mol. The van der Waals surface area contributed by atoms with E-state index < -0.39 is 0 Å². The largest absolute Gasteiger partial charge is 0.395 e. The quantitative estimate of drug-likeness (QED) is 0.489. The normalized spacial score (nSPS) is 10.5. The first kappa shape index (κ1) is 13.6. The summed E-state index contributed by atoms with van der Waals surface area (Å²) in [6.07, 6.45) is 1.59. The number of aliphatic hydroxyl groups excluding tert-OH is 2. The molecule has 1 amide bonds. The molecule has 96 valence electrons. The van der Waals surface area contributed by atoms with Crippen LogP contribution in [0.5, 0.6) is 0 Å². The maximum absolute atomic E-state index is 11.8. The van der Waals surface area contributed by atoms with Gasteiger partial charge in [-0.2, -0.15) is 0 Å². The maximum atomic E-state index is 11.8. The second-order valence-electron chi connectivity index (χ2n) is 3.44. The molecule has 0 spiro atoms. The van der Waals surface area contributed by atoms with Gasteiger partial charge in [-0.25, -0.2) is 4.68 Å². The van der Waals surface area contributed by atoms with E-state index in [0.29, 0.717) is 5.69 Å². The van der Waals surface area contributed by atoms with Crippen LogP contribution in [0.25, 0.3) is 0 Å². The van der Waals surface area contributed by atoms with E-state index in [1.54, 1.807) is 6.20 Å². The number of nitrogens with zero attached hydrogens (tertiary/aromatic N) is 4. The molecule has 17 heavy (non-hydrogen) atoms. The lowest BCUT2D eigenvalue weighted by atomic mass is 10.4. The molecule has 8 nitrogen and oxygen atoms in total. The van der Waals surface area contributed by atoms with Crippen molar-refractivity contribution in [3.8, 4) is 0 Å². The van der Waals surface area contributed by atoms with E-state index in [4.69, 9.17) is 15.9 Å². The van der Waals surface area contributed by atoms with Crippen LogP contribution in [0, 0.1) is 0 Å². The van der Waals surface area contributed by atoms with Crippen LogP contribution in [0.3, 0.4) is 0 Å². The van der Waals surface area contributed by atoms with Crippen molar-refractivity contribution in [3.63, 3.8) is 0 Å². The third-order valence-electron chi connectivity index (χ3n) is 2.19. The van der Waals surface area contributed by atoms with Gasteiger partial charge in [0, 0.05) is 19.6 Å². The monoisotopic (exact) mass is 243 g/mol. The minimum Gasteiger partial charge on any atom is -0.395 e. The Morgan fingerprint density at radius 3 is 2.53 bits per heavy atom. The number of aliphatic hydroxyl groups is 2. The summed E-state index contributed by atoms with van der Waals surface area (Å²) in [6, 6.07) is 0. The van der Waals surface area contributed by atoms with Crippen LogP contribution in [0.2, 0.25) is 0 Å². The number of hydrogen-bond acceptors (Lipinski definition) is 6. The van der Waals surface area contributed by atoms with E-state index in [9.17, 15) is 4.79 Å². The van der Waals surface area contributed by atoms with Gasteiger partial charge in [0.05, 0.1) is 25.1 Å². The molecular formula is C9H17N5O3. The van der Waals surface area contributed by atoms with Crippen molar-refractivity contribution in [1.82, 2.24) is 19.9 Å². The summed E-state index contributed by atoms with van der Waals surface area (Å²) in [5.74, 6) is -0.235. The predicted molar refractivity (Wildman–Crippen MR) is 58.7 cm³/mol. The Morgan fingerprint density at radius 1 is 1.41 bits per heavy atom. The second kappa shape index (κ2) is 6.94. The summed E-state index contributed by atoms with van der Waals surface area (Å²) in [4.78, 5) is 13.1. The van der Waals surface area contributed by atoms with E-state index in [1.165, 1.54) is 9.58 Å². The average Bonchev–Trinajstić information content (AvgIpc) is 2.76. The molecule has 0 fully saturated rings. The van der Waals surface area contributed by atoms with Gasteiger partial charge < -0.3 is 20.8 Å². The maximum Gasteiger partial charge on any atom is 0.244 e. The molecule has 1 aromatic heterocycles. The lowest BCUT2D eigenvalue weighted by Gasteiger charge is -2.20. The zero-order valence-electron chi connectivity index (χ0n) is 9.49. The Morgan fingerprint density at radius 2 is 2.06 bits per heavy atom. The molecule has 0 atom stereocenters. The first-order valence-corrected chi connectivity index (χ1v) is 5.29. The fraction of sp³-hybridized carbons (Fsp3) is 0.667. The van der Waals surface area contributed by atoms with Crippen molar-refractivity contribution in [1.29, 1.82) is 0 Å². The van der Waals surface area contributed by atoms with Crippen molar-refractivity contribution < 1.29 is 15.0 Å². The Labute approximate surface area is 98.6 Å². The van der Waals surface area contributed by atoms with Crippen molar-refractivity contribution in [2.75, 3.05) is 26.3 Å². The van der Waals surface area contributed by atoms with E-state index in [1.807, 2.05) is 0 Å². The van der Waals surface area contributed by atoms with Gasteiger partial charge in [0.25, 0.3) is 0 Å². The van der Waals surface area contributed by atoms with Crippen molar-refractivity contribution in [2.45, 2.75) is 13.1 Å². The number of carbonyl (C=O) groups excluding carboxylic acids is 1. The highest BCUT2D eigenvalue weighted by Gasteiger charge is 2.13. The third kappa shape index (κ3) is 4.10.